The number of aryl methyl sites for hydroxylation is 1. The molecular formula is C16H12Cl2N4S. The lowest BCUT2D eigenvalue weighted by Gasteiger charge is -2.04. The second kappa shape index (κ2) is 6.66. The molecule has 3 aromatic rings. The number of nitrogens with one attached hydrogen (secondary N) is 1. The summed E-state index contributed by atoms with van der Waals surface area (Å²) < 4.78 is 1.92. The molecule has 116 valence electrons. The van der Waals surface area contributed by atoms with E-state index >= 15 is 0 Å². The first-order valence-electron chi connectivity index (χ1n) is 6.79. The third-order valence-electron chi connectivity index (χ3n) is 3.32. The van der Waals surface area contributed by atoms with Gasteiger partial charge in [-0.15, -0.1) is 0 Å². The van der Waals surface area contributed by atoms with Gasteiger partial charge < -0.3 is 0 Å². The molecule has 0 bridgehead atoms. The number of rotatable bonds is 3. The maximum absolute atomic E-state index is 6.25. The van der Waals surface area contributed by atoms with Crippen LogP contribution in [-0.2, 0) is 0 Å². The Hall–Kier alpha value is -1.95. The van der Waals surface area contributed by atoms with Crippen molar-refractivity contribution in [3.63, 3.8) is 0 Å². The van der Waals surface area contributed by atoms with E-state index in [0.29, 0.717) is 26.2 Å². The van der Waals surface area contributed by atoms with Crippen LogP contribution in [0.3, 0.4) is 0 Å². The van der Waals surface area contributed by atoms with E-state index in [1.54, 1.807) is 24.4 Å². The first-order valence-corrected chi connectivity index (χ1v) is 7.95. The van der Waals surface area contributed by atoms with Gasteiger partial charge in [0.15, 0.2) is 5.82 Å². The summed E-state index contributed by atoms with van der Waals surface area (Å²) in [7, 11) is 0. The molecule has 0 saturated carbocycles. The van der Waals surface area contributed by atoms with Crippen LogP contribution in [0.15, 0.2) is 47.6 Å². The SMILES string of the molecule is Cc1ccccc1/C=N\n1c(-c2ccc(Cl)cc2Cl)n[nH]c1=S. The van der Waals surface area contributed by atoms with Gasteiger partial charge in [0.1, 0.15) is 0 Å². The third-order valence-corrected chi connectivity index (χ3v) is 4.14. The predicted octanol–water partition coefficient (Wildman–Crippen LogP) is 5.11. The van der Waals surface area contributed by atoms with E-state index in [-0.39, 0.29) is 0 Å². The molecule has 0 aliphatic carbocycles. The molecule has 4 nitrogen and oxygen atoms in total. The van der Waals surface area contributed by atoms with Crippen molar-refractivity contribution < 1.29 is 0 Å². The second-order valence-electron chi connectivity index (χ2n) is 4.89. The monoisotopic (exact) mass is 362 g/mol. The smallest absolute Gasteiger partial charge is 0.216 e. The standard InChI is InChI=1S/C16H12Cl2N4S/c1-10-4-2-3-5-11(10)9-19-22-15(20-21-16(22)23)13-7-6-12(17)8-14(13)18/h2-9H,1H3,(H,21,23)/b19-9-. The largest absolute Gasteiger partial charge is 0.250 e. The minimum atomic E-state index is 0.385. The topological polar surface area (TPSA) is 46.0 Å². The minimum absolute atomic E-state index is 0.385. The molecule has 0 atom stereocenters. The molecule has 0 spiro atoms. The van der Waals surface area contributed by atoms with Crippen LogP contribution in [0.4, 0.5) is 0 Å². The molecule has 0 amide bonds. The average molecular weight is 363 g/mol. The van der Waals surface area contributed by atoms with Crippen molar-refractivity contribution >= 4 is 41.6 Å². The lowest BCUT2D eigenvalue weighted by molar-refractivity contribution is 0.871. The Morgan fingerprint density at radius 2 is 2.00 bits per heavy atom. The highest BCUT2D eigenvalue weighted by molar-refractivity contribution is 7.71. The normalized spacial score (nSPS) is 11.3. The summed E-state index contributed by atoms with van der Waals surface area (Å²) >= 11 is 17.4. The fraction of sp³-hybridized carbons (Fsp3) is 0.0625. The molecule has 0 fully saturated rings. The fourth-order valence-electron chi connectivity index (χ4n) is 2.10. The fourth-order valence-corrected chi connectivity index (χ4v) is 2.77. The third kappa shape index (κ3) is 3.37. The van der Waals surface area contributed by atoms with Crippen molar-refractivity contribution in [2.24, 2.45) is 5.10 Å². The van der Waals surface area contributed by atoms with Crippen molar-refractivity contribution in [2.75, 3.05) is 0 Å². The molecule has 23 heavy (non-hydrogen) atoms. The van der Waals surface area contributed by atoms with Crippen LogP contribution in [0.1, 0.15) is 11.1 Å². The predicted molar refractivity (Wildman–Crippen MR) is 97.0 cm³/mol. The molecule has 0 saturated heterocycles. The Morgan fingerprint density at radius 3 is 2.74 bits per heavy atom. The molecule has 1 N–H and O–H groups in total. The maximum Gasteiger partial charge on any atom is 0.216 e. The van der Waals surface area contributed by atoms with Gasteiger partial charge in [-0.25, -0.2) is 5.10 Å². The van der Waals surface area contributed by atoms with Gasteiger partial charge in [0.05, 0.1) is 11.2 Å². The number of halogens is 2. The average Bonchev–Trinajstić information content (AvgIpc) is 2.87. The second-order valence-corrected chi connectivity index (χ2v) is 6.12. The number of hydrogen-bond acceptors (Lipinski definition) is 3. The van der Waals surface area contributed by atoms with E-state index in [4.69, 9.17) is 35.4 Å². The summed E-state index contributed by atoms with van der Waals surface area (Å²) in [6.07, 6.45) is 1.74. The molecule has 0 radical (unpaired) electrons. The van der Waals surface area contributed by atoms with Crippen molar-refractivity contribution in [3.8, 4) is 11.4 Å². The van der Waals surface area contributed by atoms with Gasteiger partial charge in [0.25, 0.3) is 0 Å². The maximum atomic E-state index is 6.25. The van der Waals surface area contributed by atoms with Gasteiger partial charge in [-0.2, -0.15) is 14.9 Å². The highest BCUT2D eigenvalue weighted by Crippen LogP contribution is 2.29. The number of H-pyrrole nitrogens is 1. The summed E-state index contributed by atoms with van der Waals surface area (Å²) in [5.74, 6) is 0.529. The van der Waals surface area contributed by atoms with Gasteiger partial charge in [0, 0.05) is 10.6 Å². The van der Waals surface area contributed by atoms with Crippen LogP contribution in [0.2, 0.25) is 10.0 Å². The van der Waals surface area contributed by atoms with Gasteiger partial charge in [-0.3, -0.25) is 0 Å². The Labute approximate surface area is 148 Å². The number of hydrogen-bond donors (Lipinski definition) is 1. The Balaban J connectivity index is 2.06. The Morgan fingerprint density at radius 1 is 1.22 bits per heavy atom. The molecule has 0 aliphatic rings. The van der Waals surface area contributed by atoms with Crippen molar-refractivity contribution in [2.45, 2.75) is 6.92 Å². The van der Waals surface area contributed by atoms with E-state index in [1.807, 2.05) is 31.2 Å². The first kappa shape index (κ1) is 15.9. The zero-order chi connectivity index (χ0) is 16.4. The molecule has 2 aromatic carbocycles. The highest BCUT2D eigenvalue weighted by atomic mass is 35.5. The molecule has 7 heteroatoms. The Kier molecular flexibility index (Phi) is 4.61. The summed E-state index contributed by atoms with van der Waals surface area (Å²) in [5.41, 5.74) is 2.83. The zero-order valence-electron chi connectivity index (χ0n) is 12.1. The van der Waals surface area contributed by atoms with Gasteiger partial charge in [0.2, 0.25) is 4.77 Å². The quantitative estimate of drug-likeness (QED) is 0.520. The number of aromatic nitrogens is 3. The zero-order valence-corrected chi connectivity index (χ0v) is 14.5. The van der Waals surface area contributed by atoms with E-state index in [2.05, 4.69) is 15.3 Å². The summed E-state index contributed by atoms with van der Waals surface area (Å²) in [6, 6.07) is 13.1. The van der Waals surface area contributed by atoms with Crippen molar-refractivity contribution in [1.82, 2.24) is 14.9 Å². The van der Waals surface area contributed by atoms with Crippen LogP contribution in [-0.4, -0.2) is 21.1 Å². The molecule has 3 rings (SSSR count). The van der Waals surface area contributed by atoms with Gasteiger partial charge >= 0.3 is 0 Å². The lowest BCUT2D eigenvalue weighted by Crippen LogP contribution is -1.96. The summed E-state index contributed by atoms with van der Waals surface area (Å²) in [4.78, 5) is 0. The molecular weight excluding hydrogens is 351 g/mol. The molecule has 0 aliphatic heterocycles. The van der Waals surface area contributed by atoms with Crippen LogP contribution in [0.5, 0.6) is 0 Å². The van der Waals surface area contributed by atoms with E-state index < -0.39 is 0 Å². The van der Waals surface area contributed by atoms with E-state index in [1.165, 1.54) is 4.68 Å². The van der Waals surface area contributed by atoms with Crippen LogP contribution < -0.4 is 0 Å². The van der Waals surface area contributed by atoms with E-state index in [0.717, 1.165) is 11.1 Å². The minimum Gasteiger partial charge on any atom is -0.250 e. The van der Waals surface area contributed by atoms with Gasteiger partial charge in [-0.1, -0.05) is 47.5 Å². The van der Waals surface area contributed by atoms with Crippen LogP contribution in [0.25, 0.3) is 11.4 Å². The number of aromatic amines is 1. The Bertz CT molecular complexity index is 943. The van der Waals surface area contributed by atoms with Crippen LogP contribution in [0, 0.1) is 11.7 Å². The van der Waals surface area contributed by atoms with Crippen LogP contribution >= 0.6 is 35.4 Å². The van der Waals surface area contributed by atoms with Crippen molar-refractivity contribution in [3.05, 3.63) is 68.4 Å². The van der Waals surface area contributed by atoms with E-state index in [9.17, 15) is 0 Å². The summed E-state index contributed by atoms with van der Waals surface area (Å²) in [5, 5.41) is 12.4. The number of benzene rings is 2. The molecule has 1 aromatic heterocycles. The lowest BCUT2D eigenvalue weighted by atomic mass is 10.1. The molecule has 0 unspecified atom stereocenters. The van der Waals surface area contributed by atoms with Gasteiger partial charge in [-0.05, 0) is 48.5 Å². The van der Waals surface area contributed by atoms with Crippen molar-refractivity contribution in [1.29, 1.82) is 0 Å². The first-order chi connectivity index (χ1) is 11.1. The number of nitrogens with zero attached hydrogens (tertiary/aromatic N) is 3. The summed E-state index contributed by atoms with van der Waals surface area (Å²) in [6.45, 7) is 2.02. The molecule has 1 heterocycles. The highest BCUT2D eigenvalue weighted by Gasteiger charge is 2.12.